The number of aliphatic hydroxyl groups is 1. The minimum absolute atomic E-state index is 0.304. The molecule has 1 atom stereocenters. The molecule has 1 aliphatic rings. The molecule has 1 fully saturated rings. The maximum atomic E-state index is 10.4. The van der Waals surface area contributed by atoms with Gasteiger partial charge in [-0.3, -0.25) is 9.80 Å². The van der Waals surface area contributed by atoms with Crippen LogP contribution in [0.3, 0.4) is 0 Å². The van der Waals surface area contributed by atoms with Crippen LogP contribution in [-0.2, 0) is 13.1 Å². The van der Waals surface area contributed by atoms with Crippen LogP contribution in [-0.4, -0.2) is 52.2 Å². The van der Waals surface area contributed by atoms with Crippen molar-refractivity contribution < 1.29 is 5.11 Å². The summed E-state index contributed by atoms with van der Waals surface area (Å²) in [4.78, 5) is 7.96. The number of β-amino-alcohol motifs (C(OH)–C–C–N with tert-alkyl or cyclic N) is 1. The Hall–Kier alpha value is -2.14. The second-order valence-electron chi connectivity index (χ2n) is 7.01. The molecule has 130 valence electrons. The van der Waals surface area contributed by atoms with Crippen molar-refractivity contribution in [2.24, 2.45) is 0 Å². The molecule has 0 bridgehead atoms. The highest BCUT2D eigenvalue weighted by molar-refractivity contribution is 5.79. The van der Waals surface area contributed by atoms with Crippen LogP contribution < -0.4 is 0 Å². The molecule has 4 heteroatoms. The molecule has 0 unspecified atom stereocenters. The summed E-state index contributed by atoms with van der Waals surface area (Å²) >= 11 is 0. The van der Waals surface area contributed by atoms with Crippen molar-refractivity contribution in [2.75, 3.05) is 26.2 Å². The van der Waals surface area contributed by atoms with E-state index in [4.69, 9.17) is 0 Å². The molecule has 1 aromatic heterocycles. The third kappa shape index (κ3) is 4.10. The number of rotatable bonds is 4. The molecule has 1 aliphatic heterocycles. The van der Waals surface area contributed by atoms with Gasteiger partial charge in [-0.1, -0.05) is 36.4 Å². The first-order valence-corrected chi connectivity index (χ1v) is 8.99. The molecule has 0 amide bonds. The Morgan fingerprint density at radius 3 is 2.36 bits per heavy atom. The van der Waals surface area contributed by atoms with Gasteiger partial charge >= 0.3 is 0 Å². The zero-order valence-electron chi connectivity index (χ0n) is 14.4. The topological polar surface area (TPSA) is 42.5 Å². The number of aliphatic hydroxyl groups excluding tert-OH is 1. The summed E-state index contributed by atoms with van der Waals surface area (Å²) in [5.41, 5.74) is 3.78. The number of hydrogen-bond donors (Lipinski definition) is 2. The number of nitrogens with one attached hydrogen (secondary N) is 1. The predicted octanol–water partition coefficient (Wildman–Crippen LogP) is 2.85. The van der Waals surface area contributed by atoms with E-state index < -0.39 is 0 Å². The van der Waals surface area contributed by atoms with Crippen LogP contribution in [0, 0.1) is 0 Å². The van der Waals surface area contributed by atoms with Crippen molar-refractivity contribution >= 4 is 10.9 Å². The van der Waals surface area contributed by atoms with E-state index >= 15 is 0 Å². The molecule has 4 rings (SSSR count). The number of fused-ring (bicyclic) bond motifs is 1. The summed E-state index contributed by atoms with van der Waals surface area (Å²) in [5, 5.41) is 11.7. The number of nitrogens with zero attached hydrogens (tertiary/aromatic N) is 2. The van der Waals surface area contributed by atoms with Gasteiger partial charge in [-0.05, 0) is 34.7 Å². The van der Waals surface area contributed by atoms with Gasteiger partial charge in [-0.25, -0.2) is 0 Å². The Morgan fingerprint density at radius 1 is 0.880 bits per heavy atom. The van der Waals surface area contributed by atoms with E-state index in [2.05, 4.69) is 63.3 Å². The number of hydrogen-bond acceptors (Lipinski definition) is 3. The van der Waals surface area contributed by atoms with Crippen molar-refractivity contribution in [2.45, 2.75) is 19.2 Å². The fourth-order valence-corrected chi connectivity index (χ4v) is 3.71. The second-order valence-corrected chi connectivity index (χ2v) is 7.01. The quantitative estimate of drug-likeness (QED) is 0.770. The Bertz CT molecular complexity index is 814. The van der Waals surface area contributed by atoms with E-state index in [1.807, 2.05) is 12.3 Å². The van der Waals surface area contributed by atoms with Crippen molar-refractivity contribution in [3.05, 3.63) is 71.9 Å². The van der Waals surface area contributed by atoms with Gasteiger partial charge in [-0.15, -0.1) is 0 Å². The molecular formula is C21H25N3O. The van der Waals surface area contributed by atoms with E-state index in [9.17, 15) is 5.11 Å². The standard InChI is InChI=1S/C21H25N3O/c25-20-15-23(13-17-4-2-1-3-5-17)10-11-24(16-20)14-18-6-7-21-19(12-18)8-9-22-21/h1-9,12,20,22,25H,10-11,13-16H2/t20-/m1/s1. The number of aromatic nitrogens is 1. The van der Waals surface area contributed by atoms with Gasteiger partial charge in [0, 0.05) is 51.0 Å². The molecule has 1 saturated heterocycles. The van der Waals surface area contributed by atoms with Gasteiger partial charge in [-0.2, -0.15) is 0 Å². The molecule has 0 saturated carbocycles. The van der Waals surface area contributed by atoms with Crippen molar-refractivity contribution in [3.63, 3.8) is 0 Å². The lowest BCUT2D eigenvalue weighted by molar-refractivity contribution is 0.106. The number of benzene rings is 2. The van der Waals surface area contributed by atoms with Gasteiger partial charge in [0.2, 0.25) is 0 Å². The molecule has 0 radical (unpaired) electrons. The predicted molar refractivity (Wildman–Crippen MR) is 101 cm³/mol. The van der Waals surface area contributed by atoms with E-state index in [0.29, 0.717) is 0 Å². The third-order valence-corrected chi connectivity index (χ3v) is 4.94. The highest BCUT2D eigenvalue weighted by atomic mass is 16.3. The van der Waals surface area contributed by atoms with Crippen LogP contribution >= 0.6 is 0 Å². The number of H-pyrrole nitrogens is 1. The molecule has 2 aromatic carbocycles. The van der Waals surface area contributed by atoms with E-state index in [0.717, 1.165) is 39.3 Å². The van der Waals surface area contributed by atoms with Crippen LogP contribution in [0.25, 0.3) is 10.9 Å². The lowest BCUT2D eigenvalue weighted by atomic mass is 10.1. The molecule has 4 nitrogen and oxygen atoms in total. The molecule has 3 aromatic rings. The lowest BCUT2D eigenvalue weighted by Gasteiger charge is -2.21. The summed E-state index contributed by atoms with van der Waals surface area (Å²) < 4.78 is 0. The zero-order chi connectivity index (χ0) is 17.1. The number of aromatic amines is 1. The lowest BCUT2D eigenvalue weighted by Crippen LogP contribution is -2.33. The first-order valence-electron chi connectivity index (χ1n) is 8.99. The largest absolute Gasteiger partial charge is 0.390 e. The first kappa shape index (κ1) is 16.3. The van der Waals surface area contributed by atoms with Gasteiger partial charge in [0.1, 0.15) is 0 Å². The smallest absolute Gasteiger partial charge is 0.0794 e. The summed E-state index contributed by atoms with van der Waals surface area (Å²) in [7, 11) is 0. The SMILES string of the molecule is O[C@@H]1CN(Cc2ccccc2)CCN(Cc2ccc3[nH]ccc3c2)C1. The van der Waals surface area contributed by atoms with Crippen molar-refractivity contribution in [1.29, 1.82) is 0 Å². The van der Waals surface area contributed by atoms with Crippen LogP contribution in [0.15, 0.2) is 60.8 Å². The highest BCUT2D eigenvalue weighted by Gasteiger charge is 2.21. The summed E-state index contributed by atoms with van der Waals surface area (Å²) in [6.07, 6.45) is 1.67. The zero-order valence-corrected chi connectivity index (χ0v) is 14.4. The van der Waals surface area contributed by atoms with Gasteiger partial charge in [0.05, 0.1) is 6.10 Å². The summed E-state index contributed by atoms with van der Waals surface area (Å²) in [5.74, 6) is 0. The van der Waals surface area contributed by atoms with E-state index in [1.54, 1.807) is 0 Å². The minimum Gasteiger partial charge on any atom is -0.390 e. The van der Waals surface area contributed by atoms with Crippen LogP contribution in [0.1, 0.15) is 11.1 Å². The van der Waals surface area contributed by atoms with Crippen molar-refractivity contribution in [1.82, 2.24) is 14.8 Å². The average Bonchev–Trinajstić information content (AvgIpc) is 3.01. The van der Waals surface area contributed by atoms with Crippen molar-refractivity contribution in [3.8, 4) is 0 Å². The van der Waals surface area contributed by atoms with Crippen LogP contribution in [0.2, 0.25) is 0 Å². The Kier molecular flexibility index (Phi) is 4.83. The molecule has 0 spiro atoms. The average molecular weight is 335 g/mol. The van der Waals surface area contributed by atoms with Gasteiger partial charge in [0.25, 0.3) is 0 Å². The first-order chi connectivity index (χ1) is 12.3. The molecule has 2 heterocycles. The summed E-state index contributed by atoms with van der Waals surface area (Å²) in [6, 6.07) is 19.2. The minimum atomic E-state index is -0.304. The third-order valence-electron chi connectivity index (χ3n) is 4.94. The Labute approximate surface area is 148 Å². The summed E-state index contributed by atoms with van der Waals surface area (Å²) in [6.45, 7) is 5.23. The molecule has 0 aliphatic carbocycles. The van der Waals surface area contributed by atoms with E-state index in [-0.39, 0.29) is 6.10 Å². The van der Waals surface area contributed by atoms with Crippen LogP contribution in [0.4, 0.5) is 0 Å². The van der Waals surface area contributed by atoms with E-state index in [1.165, 1.54) is 22.0 Å². The molecular weight excluding hydrogens is 310 g/mol. The fraction of sp³-hybridized carbons (Fsp3) is 0.333. The highest BCUT2D eigenvalue weighted by Crippen LogP contribution is 2.17. The molecule has 2 N–H and O–H groups in total. The maximum Gasteiger partial charge on any atom is 0.0794 e. The van der Waals surface area contributed by atoms with Gasteiger partial charge in [0.15, 0.2) is 0 Å². The Balaban J connectivity index is 1.40. The second kappa shape index (κ2) is 7.40. The molecule has 25 heavy (non-hydrogen) atoms. The normalized spacial score (nSPS) is 20.0. The van der Waals surface area contributed by atoms with Gasteiger partial charge < -0.3 is 10.1 Å². The monoisotopic (exact) mass is 335 g/mol. The Morgan fingerprint density at radius 2 is 1.60 bits per heavy atom. The fourth-order valence-electron chi connectivity index (χ4n) is 3.71. The maximum absolute atomic E-state index is 10.4. The van der Waals surface area contributed by atoms with Crippen LogP contribution in [0.5, 0.6) is 0 Å².